The van der Waals surface area contributed by atoms with E-state index in [9.17, 15) is 21.6 Å². The van der Waals surface area contributed by atoms with E-state index in [1.807, 2.05) is 6.07 Å². The molecule has 1 aromatic heterocycles. The molecule has 1 fully saturated rings. The third kappa shape index (κ3) is 5.30. The van der Waals surface area contributed by atoms with E-state index < -0.39 is 25.1 Å². The summed E-state index contributed by atoms with van der Waals surface area (Å²) in [4.78, 5) is 14.1. The van der Waals surface area contributed by atoms with E-state index in [0.29, 0.717) is 24.2 Å². The Bertz CT molecular complexity index is 1100. The largest absolute Gasteiger partial charge is 0.468 e. The Hall–Kier alpha value is -2.17. The molecule has 2 heterocycles. The fraction of sp³-hybridized carbons (Fsp3) is 0.450. The molecule has 10 heteroatoms. The molecule has 0 radical (unpaired) electrons. The fourth-order valence-electron chi connectivity index (χ4n) is 3.52. The van der Waals surface area contributed by atoms with Gasteiger partial charge in [-0.25, -0.2) is 21.6 Å². The van der Waals surface area contributed by atoms with Gasteiger partial charge in [0.25, 0.3) is 0 Å². The second-order valence-electron chi connectivity index (χ2n) is 7.56. The number of sulfonamides is 1. The molecule has 1 saturated heterocycles. The number of furan rings is 1. The Morgan fingerprint density at radius 3 is 2.47 bits per heavy atom. The zero-order valence-electron chi connectivity index (χ0n) is 17.0. The van der Waals surface area contributed by atoms with E-state index in [4.69, 9.17) is 4.42 Å². The van der Waals surface area contributed by atoms with Crippen LogP contribution in [0.1, 0.15) is 29.7 Å². The van der Waals surface area contributed by atoms with Gasteiger partial charge in [0.15, 0.2) is 9.84 Å². The number of amides is 1. The van der Waals surface area contributed by atoms with Crippen LogP contribution in [0.2, 0.25) is 0 Å². The second kappa shape index (κ2) is 8.91. The van der Waals surface area contributed by atoms with E-state index in [2.05, 4.69) is 4.72 Å². The molecule has 1 aromatic carbocycles. The topological polar surface area (TPSA) is 114 Å². The highest BCUT2D eigenvalue weighted by molar-refractivity contribution is 7.91. The minimum atomic E-state index is -3.81. The number of benzene rings is 1. The van der Waals surface area contributed by atoms with Gasteiger partial charge in [0.1, 0.15) is 11.5 Å². The molecule has 0 aliphatic carbocycles. The lowest BCUT2D eigenvalue weighted by Crippen LogP contribution is -2.46. The van der Waals surface area contributed by atoms with E-state index >= 15 is 0 Å². The average Bonchev–Trinajstić information content (AvgIpc) is 3.20. The molecule has 164 valence electrons. The van der Waals surface area contributed by atoms with Crippen LogP contribution in [0.3, 0.4) is 0 Å². The Labute approximate surface area is 177 Å². The summed E-state index contributed by atoms with van der Waals surface area (Å²) in [5.41, 5.74) is 1.41. The minimum absolute atomic E-state index is 0.151. The highest BCUT2D eigenvalue weighted by Crippen LogP contribution is 2.22. The van der Waals surface area contributed by atoms with Gasteiger partial charge in [0.05, 0.1) is 23.0 Å². The Kier molecular flexibility index (Phi) is 6.68. The molecule has 0 saturated carbocycles. The smallest absolute Gasteiger partial charge is 0.241 e. The number of rotatable bonds is 7. The number of likely N-dealkylation sites (tertiary alicyclic amines) is 1. The summed E-state index contributed by atoms with van der Waals surface area (Å²) >= 11 is 0. The summed E-state index contributed by atoms with van der Waals surface area (Å²) in [6.07, 6.45) is 2.07. The summed E-state index contributed by atoms with van der Waals surface area (Å²) in [5, 5.41) is -0.543. The lowest BCUT2D eigenvalue weighted by atomic mass is 10.1. The van der Waals surface area contributed by atoms with Crippen molar-refractivity contribution in [3.63, 3.8) is 0 Å². The number of hydrogen-bond acceptors (Lipinski definition) is 6. The molecular formula is C20H26N2O6S2. The Morgan fingerprint density at radius 2 is 1.83 bits per heavy atom. The predicted molar refractivity (Wildman–Crippen MR) is 112 cm³/mol. The Balaban J connectivity index is 1.55. The zero-order valence-corrected chi connectivity index (χ0v) is 18.6. The van der Waals surface area contributed by atoms with Crippen molar-refractivity contribution >= 4 is 25.8 Å². The maximum Gasteiger partial charge on any atom is 0.241 e. The molecule has 1 amide bonds. The van der Waals surface area contributed by atoms with Crippen molar-refractivity contribution in [2.45, 2.75) is 42.6 Å². The van der Waals surface area contributed by atoms with E-state index in [-0.39, 0.29) is 36.2 Å². The van der Waals surface area contributed by atoms with Crippen LogP contribution >= 0.6 is 0 Å². The fourth-order valence-corrected chi connectivity index (χ4v) is 6.55. The van der Waals surface area contributed by atoms with Crippen molar-refractivity contribution in [2.24, 2.45) is 0 Å². The summed E-state index contributed by atoms with van der Waals surface area (Å²) < 4.78 is 57.7. The number of carbonyl (C=O) groups excluding carboxylic acids is 1. The number of nitrogens with one attached hydrogen (secondary N) is 1. The maximum atomic E-state index is 12.6. The van der Waals surface area contributed by atoms with Gasteiger partial charge in [-0.1, -0.05) is 12.1 Å². The van der Waals surface area contributed by atoms with Crippen LogP contribution < -0.4 is 4.72 Å². The first-order valence-corrected chi connectivity index (χ1v) is 12.9. The minimum Gasteiger partial charge on any atom is -0.468 e. The summed E-state index contributed by atoms with van der Waals surface area (Å²) in [6, 6.07) is 8.38. The summed E-state index contributed by atoms with van der Waals surface area (Å²) in [6.45, 7) is 3.68. The zero-order chi connectivity index (χ0) is 21.9. The van der Waals surface area contributed by atoms with Gasteiger partial charge in [-0.05, 0) is 56.0 Å². The van der Waals surface area contributed by atoms with Crippen LogP contribution in [0, 0.1) is 13.8 Å². The molecule has 3 rings (SSSR count). The molecule has 1 aliphatic rings. The standard InChI is InChI=1S/C20H26N2O6S2/c1-15-5-6-16(2)19(12-15)30(26,27)21-13-20(23)22-9-7-18(8-10-22)29(24,25)14-17-4-3-11-28-17/h3-6,11-12,18,21H,7-10,13-14H2,1-2H3. The predicted octanol–water partition coefficient (Wildman–Crippen LogP) is 1.78. The SMILES string of the molecule is Cc1ccc(C)c(S(=O)(=O)NCC(=O)N2CCC(S(=O)(=O)Cc3ccco3)CC2)c1. The van der Waals surface area contributed by atoms with Crippen LogP contribution in [-0.2, 0) is 30.4 Å². The molecule has 0 atom stereocenters. The van der Waals surface area contributed by atoms with Crippen molar-refractivity contribution in [1.29, 1.82) is 0 Å². The van der Waals surface area contributed by atoms with E-state index in [1.54, 1.807) is 38.1 Å². The monoisotopic (exact) mass is 454 g/mol. The van der Waals surface area contributed by atoms with Crippen molar-refractivity contribution in [2.75, 3.05) is 19.6 Å². The van der Waals surface area contributed by atoms with Crippen molar-refractivity contribution in [1.82, 2.24) is 9.62 Å². The van der Waals surface area contributed by atoms with Gasteiger partial charge in [0.2, 0.25) is 15.9 Å². The van der Waals surface area contributed by atoms with Gasteiger partial charge < -0.3 is 9.32 Å². The first-order chi connectivity index (χ1) is 14.1. The number of hydrogen-bond donors (Lipinski definition) is 1. The van der Waals surface area contributed by atoms with Crippen LogP contribution in [0.15, 0.2) is 45.9 Å². The van der Waals surface area contributed by atoms with Gasteiger partial charge in [-0.15, -0.1) is 0 Å². The van der Waals surface area contributed by atoms with Gasteiger partial charge >= 0.3 is 0 Å². The maximum absolute atomic E-state index is 12.6. The molecule has 1 aliphatic heterocycles. The van der Waals surface area contributed by atoms with Crippen LogP contribution in [0.25, 0.3) is 0 Å². The highest BCUT2D eigenvalue weighted by atomic mass is 32.2. The molecule has 0 bridgehead atoms. The Morgan fingerprint density at radius 1 is 1.13 bits per heavy atom. The number of carbonyl (C=O) groups is 1. The third-order valence-corrected chi connectivity index (χ3v) is 8.99. The third-order valence-electron chi connectivity index (χ3n) is 5.27. The normalized spacial score (nSPS) is 16.0. The summed E-state index contributed by atoms with van der Waals surface area (Å²) in [7, 11) is -7.19. The molecule has 2 aromatic rings. The molecule has 0 unspecified atom stereocenters. The summed E-state index contributed by atoms with van der Waals surface area (Å²) in [5.74, 6) is -0.131. The van der Waals surface area contributed by atoms with Gasteiger partial charge in [0, 0.05) is 13.1 Å². The molecule has 1 N–H and O–H groups in total. The molecule has 30 heavy (non-hydrogen) atoms. The average molecular weight is 455 g/mol. The van der Waals surface area contributed by atoms with Crippen molar-refractivity contribution < 1.29 is 26.0 Å². The van der Waals surface area contributed by atoms with E-state index in [0.717, 1.165) is 5.56 Å². The van der Waals surface area contributed by atoms with Gasteiger partial charge in [-0.2, -0.15) is 0 Å². The van der Waals surface area contributed by atoms with Crippen LogP contribution in [-0.4, -0.2) is 52.5 Å². The highest BCUT2D eigenvalue weighted by Gasteiger charge is 2.32. The van der Waals surface area contributed by atoms with E-state index in [1.165, 1.54) is 11.2 Å². The second-order valence-corrected chi connectivity index (χ2v) is 11.6. The first-order valence-electron chi connectivity index (χ1n) is 9.67. The molecular weight excluding hydrogens is 428 g/mol. The number of piperidine rings is 1. The lowest BCUT2D eigenvalue weighted by molar-refractivity contribution is -0.130. The van der Waals surface area contributed by atoms with Crippen molar-refractivity contribution in [3.8, 4) is 0 Å². The van der Waals surface area contributed by atoms with Crippen LogP contribution in [0.4, 0.5) is 0 Å². The number of sulfone groups is 1. The lowest BCUT2D eigenvalue weighted by Gasteiger charge is -2.31. The molecule has 8 nitrogen and oxygen atoms in total. The van der Waals surface area contributed by atoms with Crippen molar-refractivity contribution in [3.05, 3.63) is 53.5 Å². The number of nitrogens with zero attached hydrogens (tertiary/aromatic N) is 1. The quantitative estimate of drug-likeness (QED) is 0.682. The van der Waals surface area contributed by atoms with Gasteiger partial charge in [-0.3, -0.25) is 4.79 Å². The first kappa shape index (κ1) is 22.5. The van der Waals surface area contributed by atoms with Crippen LogP contribution in [0.5, 0.6) is 0 Å². The molecule has 0 spiro atoms. The number of aryl methyl sites for hydroxylation is 2.